The molecule has 0 radical (unpaired) electrons. The average Bonchev–Trinajstić information content (AvgIpc) is 2.37. The SMILES string of the molecule is COCC(NC(=O)C1CC=CCC1C(=O)O)C(C)C. The summed E-state index contributed by atoms with van der Waals surface area (Å²) in [6, 6.07) is -0.0853. The van der Waals surface area contributed by atoms with Crippen molar-refractivity contribution in [2.45, 2.75) is 32.7 Å². The summed E-state index contributed by atoms with van der Waals surface area (Å²) in [6.45, 7) is 4.43. The quantitative estimate of drug-likeness (QED) is 0.715. The van der Waals surface area contributed by atoms with Crippen LogP contribution in [0.1, 0.15) is 26.7 Å². The average molecular weight is 269 g/mol. The van der Waals surface area contributed by atoms with Crippen molar-refractivity contribution >= 4 is 11.9 Å². The Kier molecular flexibility index (Phi) is 6.02. The van der Waals surface area contributed by atoms with Gasteiger partial charge in [-0.05, 0) is 18.8 Å². The number of ether oxygens (including phenoxy) is 1. The summed E-state index contributed by atoms with van der Waals surface area (Å²) in [7, 11) is 1.59. The second kappa shape index (κ2) is 7.28. The first-order chi connectivity index (χ1) is 8.97. The summed E-state index contributed by atoms with van der Waals surface area (Å²) < 4.78 is 5.08. The Hall–Kier alpha value is -1.36. The van der Waals surface area contributed by atoms with Crippen LogP contribution in [0.2, 0.25) is 0 Å². The largest absolute Gasteiger partial charge is 0.481 e. The third-order valence-corrected chi connectivity index (χ3v) is 3.56. The Balaban J connectivity index is 2.69. The molecule has 5 nitrogen and oxygen atoms in total. The van der Waals surface area contributed by atoms with Crippen LogP contribution < -0.4 is 5.32 Å². The van der Waals surface area contributed by atoms with Crippen LogP contribution >= 0.6 is 0 Å². The first-order valence-corrected chi connectivity index (χ1v) is 6.64. The predicted octanol–water partition coefficient (Wildman–Crippen LogP) is 1.44. The fraction of sp³-hybridized carbons (Fsp3) is 0.714. The van der Waals surface area contributed by atoms with E-state index < -0.39 is 17.8 Å². The van der Waals surface area contributed by atoms with Crippen LogP contribution in [0.5, 0.6) is 0 Å². The molecule has 3 unspecified atom stereocenters. The molecule has 0 spiro atoms. The Bertz CT molecular complexity index is 351. The molecule has 5 heteroatoms. The van der Waals surface area contributed by atoms with Gasteiger partial charge in [0.25, 0.3) is 0 Å². The van der Waals surface area contributed by atoms with Gasteiger partial charge in [-0.3, -0.25) is 9.59 Å². The van der Waals surface area contributed by atoms with Gasteiger partial charge in [0.1, 0.15) is 0 Å². The highest BCUT2D eigenvalue weighted by molar-refractivity contribution is 5.85. The minimum Gasteiger partial charge on any atom is -0.481 e. The zero-order valence-corrected chi connectivity index (χ0v) is 11.8. The molecule has 1 aliphatic rings. The maximum absolute atomic E-state index is 12.2. The number of carbonyl (C=O) groups is 2. The lowest BCUT2D eigenvalue weighted by molar-refractivity contribution is -0.147. The third-order valence-electron chi connectivity index (χ3n) is 3.56. The van der Waals surface area contributed by atoms with Gasteiger partial charge in [-0.25, -0.2) is 0 Å². The molecule has 0 aliphatic heterocycles. The number of aliphatic carboxylic acids is 1. The Morgan fingerprint density at radius 1 is 1.32 bits per heavy atom. The van der Waals surface area contributed by atoms with Crippen molar-refractivity contribution < 1.29 is 19.4 Å². The van der Waals surface area contributed by atoms with Gasteiger partial charge in [0.05, 0.1) is 24.5 Å². The minimum absolute atomic E-state index is 0.0853. The van der Waals surface area contributed by atoms with Gasteiger partial charge in [0.15, 0.2) is 0 Å². The van der Waals surface area contributed by atoms with Gasteiger partial charge in [0.2, 0.25) is 5.91 Å². The van der Waals surface area contributed by atoms with Crippen molar-refractivity contribution in [2.24, 2.45) is 17.8 Å². The summed E-state index contributed by atoms with van der Waals surface area (Å²) in [5.41, 5.74) is 0. The van der Waals surface area contributed by atoms with Crippen LogP contribution in [0.15, 0.2) is 12.2 Å². The van der Waals surface area contributed by atoms with Crippen LogP contribution in [-0.4, -0.2) is 36.7 Å². The molecule has 0 aromatic heterocycles. The number of rotatable bonds is 6. The lowest BCUT2D eigenvalue weighted by Gasteiger charge is -2.28. The molecule has 0 heterocycles. The predicted molar refractivity (Wildman–Crippen MR) is 71.6 cm³/mol. The molecule has 0 saturated carbocycles. The lowest BCUT2D eigenvalue weighted by atomic mass is 9.82. The molecule has 1 rings (SSSR count). The van der Waals surface area contributed by atoms with Crippen molar-refractivity contribution in [3.05, 3.63) is 12.2 Å². The fourth-order valence-corrected chi connectivity index (χ4v) is 2.25. The molecule has 0 aromatic carbocycles. The van der Waals surface area contributed by atoms with Crippen LogP contribution in [-0.2, 0) is 14.3 Å². The Morgan fingerprint density at radius 2 is 1.89 bits per heavy atom. The zero-order valence-electron chi connectivity index (χ0n) is 11.8. The van der Waals surface area contributed by atoms with Crippen LogP contribution in [0, 0.1) is 17.8 Å². The summed E-state index contributed by atoms with van der Waals surface area (Å²) >= 11 is 0. The van der Waals surface area contributed by atoms with Crippen molar-refractivity contribution in [3.63, 3.8) is 0 Å². The van der Waals surface area contributed by atoms with Crippen molar-refractivity contribution in [1.82, 2.24) is 5.32 Å². The fourth-order valence-electron chi connectivity index (χ4n) is 2.25. The van der Waals surface area contributed by atoms with E-state index in [4.69, 9.17) is 9.84 Å². The van der Waals surface area contributed by atoms with Crippen LogP contribution in [0.3, 0.4) is 0 Å². The van der Waals surface area contributed by atoms with E-state index in [1.807, 2.05) is 26.0 Å². The van der Waals surface area contributed by atoms with Crippen molar-refractivity contribution in [2.75, 3.05) is 13.7 Å². The molecule has 19 heavy (non-hydrogen) atoms. The van der Waals surface area contributed by atoms with E-state index in [0.717, 1.165) is 0 Å². The lowest BCUT2D eigenvalue weighted by Crippen LogP contribution is -2.47. The van der Waals surface area contributed by atoms with E-state index in [1.54, 1.807) is 7.11 Å². The number of allylic oxidation sites excluding steroid dienone is 2. The molecule has 0 aromatic rings. The Morgan fingerprint density at radius 3 is 2.37 bits per heavy atom. The van der Waals surface area contributed by atoms with Crippen molar-refractivity contribution in [1.29, 1.82) is 0 Å². The maximum atomic E-state index is 12.2. The van der Waals surface area contributed by atoms with E-state index in [9.17, 15) is 9.59 Å². The molecule has 108 valence electrons. The highest BCUT2D eigenvalue weighted by Crippen LogP contribution is 2.26. The van der Waals surface area contributed by atoms with E-state index in [1.165, 1.54) is 0 Å². The van der Waals surface area contributed by atoms with Crippen molar-refractivity contribution in [3.8, 4) is 0 Å². The minimum atomic E-state index is -0.905. The third kappa shape index (κ3) is 4.35. The Labute approximate surface area is 114 Å². The summed E-state index contributed by atoms with van der Waals surface area (Å²) in [6.07, 6.45) is 4.62. The van der Waals surface area contributed by atoms with E-state index in [-0.39, 0.29) is 17.9 Å². The number of hydrogen-bond donors (Lipinski definition) is 2. The summed E-state index contributed by atoms with van der Waals surface area (Å²) in [4.78, 5) is 23.4. The van der Waals surface area contributed by atoms with Gasteiger partial charge in [-0.2, -0.15) is 0 Å². The molecule has 0 bridgehead atoms. The normalized spacial score (nSPS) is 24.2. The number of nitrogens with one attached hydrogen (secondary N) is 1. The van der Waals surface area contributed by atoms with E-state index >= 15 is 0 Å². The molecular weight excluding hydrogens is 246 g/mol. The number of hydrogen-bond acceptors (Lipinski definition) is 3. The van der Waals surface area contributed by atoms with Gasteiger partial charge < -0.3 is 15.2 Å². The monoisotopic (exact) mass is 269 g/mol. The molecule has 1 aliphatic carbocycles. The first-order valence-electron chi connectivity index (χ1n) is 6.64. The molecule has 0 fully saturated rings. The molecule has 0 saturated heterocycles. The number of carboxylic acids is 1. The number of carboxylic acid groups (broad SMARTS) is 1. The molecule has 3 atom stereocenters. The maximum Gasteiger partial charge on any atom is 0.307 e. The summed E-state index contributed by atoms with van der Waals surface area (Å²) in [5.74, 6) is -1.96. The molecule has 2 N–H and O–H groups in total. The second-order valence-corrected chi connectivity index (χ2v) is 5.31. The van der Waals surface area contributed by atoms with Gasteiger partial charge >= 0.3 is 5.97 Å². The number of carbonyl (C=O) groups excluding carboxylic acids is 1. The van der Waals surface area contributed by atoms with E-state index in [0.29, 0.717) is 19.4 Å². The van der Waals surface area contributed by atoms with E-state index in [2.05, 4.69) is 5.32 Å². The second-order valence-electron chi connectivity index (χ2n) is 5.31. The molecular formula is C14H23NO4. The number of methoxy groups -OCH3 is 1. The molecule has 1 amide bonds. The number of amides is 1. The topological polar surface area (TPSA) is 75.6 Å². The van der Waals surface area contributed by atoms with Gasteiger partial charge in [-0.1, -0.05) is 26.0 Å². The van der Waals surface area contributed by atoms with Crippen LogP contribution in [0.25, 0.3) is 0 Å². The zero-order chi connectivity index (χ0) is 14.4. The summed E-state index contributed by atoms with van der Waals surface area (Å²) in [5, 5.41) is 12.1. The van der Waals surface area contributed by atoms with Crippen LogP contribution in [0.4, 0.5) is 0 Å². The first kappa shape index (κ1) is 15.7. The highest BCUT2D eigenvalue weighted by Gasteiger charge is 2.34. The smallest absolute Gasteiger partial charge is 0.307 e. The standard InChI is InChI=1S/C14H23NO4/c1-9(2)12(8-19-3)15-13(16)10-6-4-5-7-11(10)14(17)18/h4-5,9-12H,6-8H2,1-3H3,(H,15,16)(H,17,18). The van der Waals surface area contributed by atoms with Gasteiger partial charge in [-0.15, -0.1) is 0 Å². The highest BCUT2D eigenvalue weighted by atomic mass is 16.5. The van der Waals surface area contributed by atoms with Gasteiger partial charge in [0, 0.05) is 7.11 Å².